The minimum absolute atomic E-state index is 0.274. The molecule has 23 heavy (non-hydrogen) atoms. The zero-order chi connectivity index (χ0) is 16.0. The van der Waals surface area contributed by atoms with Crippen molar-refractivity contribution in [2.24, 2.45) is 16.5 Å². The molecular weight excluding hydrogens is 294 g/mol. The normalized spacial score (nSPS) is 24.9. The molecule has 1 fully saturated rings. The molecular formula is C14H21N9. The van der Waals surface area contributed by atoms with E-state index in [0.29, 0.717) is 11.7 Å². The third-order valence-electron chi connectivity index (χ3n) is 4.50. The fourth-order valence-electron chi connectivity index (χ4n) is 3.30. The molecule has 4 heterocycles. The number of H-pyrrole nitrogens is 1. The van der Waals surface area contributed by atoms with E-state index in [0.717, 1.165) is 43.0 Å². The maximum absolute atomic E-state index is 6.58. The third kappa shape index (κ3) is 2.20. The molecule has 1 atom stereocenters. The van der Waals surface area contributed by atoms with E-state index in [-0.39, 0.29) is 5.96 Å². The number of fused-ring (bicyclic) bond motifs is 1. The van der Waals surface area contributed by atoms with Gasteiger partial charge in [-0.3, -0.25) is 10.8 Å². The van der Waals surface area contributed by atoms with Crippen molar-refractivity contribution in [3.05, 3.63) is 29.2 Å². The van der Waals surface area contributed by atoms with Crippen molar-refractivity contribution >= 4 is 11.8 Å². The van der Waals surface area contributed by atoms with Gasteiger partial charge in [-0.15, -0.1) is 0 Å². The molecule has 0 aliphatic carbocycles. The molecule has 0 amide bonds. The van der Waals surface area contributed by atoms with E-state index in [4.69, 9.17) is 11.5 Å². The Morgan fingerprint density at radius 3 is 2.83 bits per heavy atom. The summed E-state index contributed by atoms with van der Waals surface area (Å²) >= 11 is 0. The van der Waals surface area contributed by atoms with Crippen molar-refractivity contribution in [2.45, 2.75) is 31.5 Å². The van der Waals surface area contributed by atoms with E-state index in [2.05, 4.69) is 30.9 Å². The van der Waals surface area contributed by atoms with Crippen LogP contribution in [0, 0.1) is 6.92 Å². The lowest BCUT2D eigenvalue weighted by molar-refractivity contribution is 0.346. The number of aromatic nitrogens is 4. The Labute approximate surface area is 133 Å². The van der Waals surface area contributed by atoms with E-state index in [1.165, 1.54) is 0 Å². The van der Waals surface area contributed by atoms with Crippen molar-refractivity contribution in [2.75, 3.05) is 18.4 Å². The molecule has 7 N–H and O–H groups in total. The number of hydrogen-bond acceptors (Lipinski definition) is 7. The molecule has 2 aromatic rings. The molecule has 0 spiro atoms. The fraction of sp³-hybridized carbons (Fsp3) is 0.500. The summed E-state index contributed by atoms with van der Waals surface area (Å²) < 4.78 is 1.98. The maximum Gasteiger partial charge on any atom is 0.196 e. The van der Waals surface area contributed by atoms with Crippen LogP contribution in [0.1, 0.15) is 35.8 Å². The fourth-order valence-corrected chi connectivity index (χ4v) is 3.30. The smallest absolute Gasteiger partial charge is 0.196 e. The van der Waals surface area contributed by atoms with Crippen molar-refractivity contribution in [1.82, 2.24) is 25.3 Å². The zero-order valence-corrected chi connectivity index (χ0v) is 13.0. The lowest BCUT2D eigenvalue weighted by Gasteiger charge is -2.31. The predicted molar refractivity (Wildman–Crippen MR) is 86.9 cm³/mol. The molecule has 9 nitrogen and oxygen atoms in total. The van der Waals surface area contributed by atoms with Gasteiger partial charge in [0.15, 0.2) is 11.6 Å². The summed E-state index contributed by atoms with van der Waals surface area (Å²) in [6.07, 6.45) is 3.81. The number of aromatic amines is 1. The van der Waals surface area contributed by atoms with Crippen molar-refractivity contribution < 1.29 is 0 Å². The summed E-state index contributed by atoms with van der Waals surface area (Å²) in [5.74, 6) is 1.09. The molecule has 2 aromatic heterocycles. The van der Waals surface area contributed by atoms with Gasteiger partial charge in [0, 0.05) is 5.69 Å². The topological polar surface area (TPSA) is 135 Å². The number of aryl methyl sites for hydroxylation is 1. The highest BCUT2D eigenvalue weighted by Gasteiger charge is 2.40. The van der Waals surface area contributed by atoms with Crippen LogP contribution in [0.15, 0.2) is 17.3 Å². The van der Waals surface area contributed by atoms with Crippen LogP contribution in [0.4, 0.5) is 5.82 Å². The minimum Gasteiger partial charge on any atom is -0.370 e. The number of nitrogens with one attached hydrogen (secondary N) is 3. The number of nitrogens with zero attached hydrogens (tertiary/aromatic N) is 4. The first-order valence-corrected chi connectivity index (χ1v) is 7.80. The van der Waals surface area contributed by atoms with Gasteiger partial charge in [-0.2, -0.15) is 10.2 Å². The molecule has 2 aliphatic rings. The Morgan fingerprint density at radius 1 is 1.35 bits per heavy atom. The average molecular weight is 315 g/mol. The lowest BCUT2D eigenvalue weighted by Crippen LogP contribution is -2.44. The number of hydrogen-bond donors (Lipinski definition) is 5. The Morgan fingerprint density at radius 2 is 2.13 bits per heavy atom. The first kappa shape index (κ1) is 14.2. The number of anilines is 1. The van der Waals surface area contributed by atoms with E-state index < -0.39 is 5.66 Å². The molecule has 0 aromatic carbocycles. The van der Waals surface area contributed by atoms with Gasteiger partial charge in [0.05, 0.1) is 17.8 Å². The Kier molecular flexibility index (Phi) is 3.13. The van der Waals surface area contributed by atoms with Crippen molar-refractivity contribution in [3.8, 4) is 0 Å². The highest BCUT2D eigenvalue weighted by molar-refractivity contribution is 5.95. The van der Waals surface area contributed by atoms with E-state index in [9.17, 15) is 0 Å². The number of piperidine rings is 1. The second-order valence-corrected chi connectivity index (χ2v) is 6.16. The van der Waals surface area contributed by atoms with Crippen LogP contribution in [0.3, 0.4) is 0 Å². The van der Waals surface area contributed by atoms with Gasteiger partial charge in [-0.25, -0.2) is 9.67 Å². The second kappa shape index (κ2) is 5.07. The van der Waals surface area contributed by atoms with E-state index >= 15 is 0 Å². The zero-order valence-electron chi connectivity index (χ0n) is 13.0. The van der Waals surface area contributed by atoms with Gasteiger partial charge in [0.25, 0.3) is 0 Å². The minimum atomic E-state index is -1.12. The predicted octanol–water partition coefficient (Wildman–Crippen LogP) is -0.261. The van der Waals surface area contributed by atoms with Gasteiger partial charge >= 0.3 is 0 Å². The Hall–Kier alpha value is -2.39. The molecule has 0 saturated carbocycles. The van der Waals surface area contributed by atoms with Crippen LogP contribution in [-0.4, -0.2) is 39.0 Å². The van der Waals surface area contributed by atoms with Crippen LogP contribution in [0.2, 0.25) is 0 Å². The molecule has 1 unspecified atom stereocenters. The summed E-state index contributed by atoms with van der Waals surface area (Å²) in [5, 5.41) is 18.2. The number of guanidine groups is 1. The van der Waals surface area contributed by atoms with Gasteiger partial charge in [0.2, 0.25) is 0 Å². The molecule has 9 heteroatoms. The van der Waals surface area contributed by atoms with Crippen LogP contribution in [0.25, 0.3) is 0 Å². The van der Waals surface area contributed by atoms with Gasteiger partial charge in [-0.1, -0.05) is 0 Å². The molecule has 1 saturated heterocycles. The largest absolute Gasteiger partial charge is 0.370 e. The lowest BCUT2D eigenvalue weighted by atomic mass is 9.98. The highest BCUT2D eigenvalue weighted by Crippen LogP contribution is 2.37. The summed E-state index contributed by atoms with van der Waals surface area (Å²) in [6.45, 7) is 3.89. The molecule has 122 valence electrons. The Balaban J connectivity index is 1.80. The van der Waals surface area contributed by atoms with Crippen LogP contribution in [-0.2, 0) is 5.66 Å². The Bertz CT molecular complexity index is 752. The van der Waals surface area contributed by atoms with Crippen LogP contribution in [0.5, 0.6) is 0 Å². The second-order valence-electron chi connectivity index (χ2n) is 6.16. The first-order chi connectivity index (χ1) is 11.1. The van der Waals surface area contributed by atoms with Gasteiger partial charge < -0.3 is 16.4 Å². The molecule has 2 aliphatic heterocycles. The highest BCUT2D eigenvalue weighted by atomic mass is 15.4. The van der Waals surface area contributed by atoms with Crippen molar-refractivity contribution in [3.63, 3.8) is 0 Å². The standard InChI is InChI=1S/C14H21N9/c1-8-6-11(22-21-8)14(16)10-7-18-23(9-2-4-17-5-3-9)12(10)19-13(15)20-14/h6-7,9,17H,2-5,16H2,1H3,(H,21,22)(H3,15,19,20). The van der Waals surface area contributed by atoms with Gasteiger partial charge in [-0.05, 0) is 38.9 Å². The summed E-state index contributed by atoms with van der Waals surface area (Å²) in [6, 6.07) is 2.21. The monoisotopic (exact) mass is 315 g/mol. The van der Waals surface area contributed by atoms with Crippen LogP contribution >= 0.6 is 0 Å². The SMILES string of the molecule is Cc1cc(C2(N)N=C(N)Nc3c2cnn3C2CCNCC2)n[nH]1. The van der Waals surface area contributed by atoms with Crippen LogP contribution < -0.4 is 22.1 Å². The first-order valence-electron chi connectivity index (χ1n) is 7.80. The number of rotatable bonds is 2. The average Bonchev–Trinajstić information content (AvgIpc) is 3.15. The molecule has 4 rings (SSSR count). The van der Waals surface area contributed by atoms with E-state index in [1.807, 2.05) is 17.7 Å². The quantitative estimate of drug-likeness (QED) is 0.518. The van der Waals surface area contributed by atoms with Crippen molar-refractivity contribution in [1.29, 1.82) is 0 Å². The maximum atomic E-state index is 6.58. The third-order valence-corrected chi connectivity index (χ3v) is 4.50. The summed E-state index contributed by atoms with van der Waals surface area (Å²) in [4.78, 5) is 4.41. The molecule has 0 radical (unpaired) electrons. The van der Waals surface area contributed by atoms with E-state index in [1.54, 1.807) is 6.20 Å². The number of nitrogens with two attached hydrogens (primary N) is 2. The summed E-state index contributed by atoms with van der Waals surface area (Å²) in [7, 11) is 0. The number of aliphatic imine (C=N–C) groups is 1. The van der Waals surface area contributed by atoms with Gasteiger partial charge in [0.1, 0.15) is 11.5 Å². The summed E-state index contributed by atoms with van der Waals surface area (Å²) in [5.41, 5.74) is 13.8. The molecule has 0 bridgehead atoms.